The van der Waals surface area contributed by atoms with Crippen LogP contribution in [0.25, 0.3) is 21.5 Å². The van der Waals surface area contributed by atoms with Gasteiger partial charge in [-0.25, -0.2) is 0 Å². The fourth-order valence-corrected chi connectivity index (χ4v) is 2.94. The van der Waals surface area contributed by atoms with E-state index in [2.05, 4.69) is 66.4 Å². The van der Waals surface area contributed by atoms with E-state index in [1.165, 1.54) is 21.5 Å². The van der Waals surface area contributed by atoms with Crippen molar-refractivity contribution in [1.29, 1.82) is 0 Å². The van der Waals surface area contributed by atoms with Crippen LogP contribution in [-0.2, 0) is 0 Å². The number of rotatable bonds is 0. The van der Waals surface area contributed by atoms with Crippen LogP contribution in [0, 0.1) is 11.8 Å². The van der Waals surface area contributed by atoms with Crippen molar-refractivity contribution in [1.82, 2.24) is 0 Å². The van der Waals surface area contributed by atoms with Crippen molar-refractivity contribution in [2.45, 2.75) is 0 Å². The molecule has 4 aromatic rings. The SMILES string of the molecule is Clc1ccc(C#Cc2c3ccccc3cc3ccccc23)cc1. The molecule has 4 aromatic carbocycles. The Kier molecular flexibility index (Phi) is 3.50. The molecule has 0 unspecified atom stereocenters. The van der Waals surface area contributed by atoms with E-state index in [-0.39, 0.29) is 0 Å². The van der Waals surface area contributed by atoms with Gasteiger partial charge in [0.2, 0.25) is 0 Å². The second-order valence-electron chi connectivity index (χ2n) is 5.45. The number of halogens is 1. The average Bonchev–Trinajstić information content (AvgIpc) is 2.60. The molecule has 0 aliphatic rings. The monoisotopic (exact) mass is 312 g/mol. The molecule has 0 radical (unpaired) electrons. The summed E-state index contributed by atoms with van der Waals surface area (Å²) >= 11 is 5.94. The van der Waals surface area contributed by atoms with E-state index >= 15 is 0 Å². The maximum absolute atomic E-state index is 5.94. The van der Waals surface area contributed by atoms with Crippen LogP contribution < -0.4 is 0 Å². The van der Waals surface area contributed by atoms with Crippen LogP contribution in [0.3, 0.4) is 0 Å². The summed E-state index contributed by atoms with van der Waals surface area (Å²) in [6.07, 6.45) is 0. The maximum atomic E-state index is 5.94. The quantitative estimate of drug-likeness (QED) is 0.274. The minimum atomic E-state index is 0.728. The fourth-order valence-electron chi connectivity index (χ4n) is 2.82. The van der Waals surface area contributed by atoms with E-state index < -0.39 is 0 Å². The molecule has 108 valence electrons. The third kappa shape index (κ3) is 2.68. The van der Waals surface area contributed by atoms with Gasteiger partial charge in [-0.05, 0) is 51.9 Å². The molecule has 0 spiro atoms. The highest BCUT2D eigenvalue weighted by molar-refractivity contribution is 6.30. The molecule has 0 aromatic heterocycles. The average molecular weight is 313 g/mol. The van der Waals surface area contributed by atoms with Crippen molar-refractivity contribution in [3.8, 4) is 11.8 Å². The molecule has 0 saturated carbocycles. The molecule has 0 saturated heterocycles. The first-order valence-corrected chi connectivity index (χ1v) is 7.87. The van der Waals surface area contributed by atoms with Crippen molar-refractivity contribution >= 4 is 33.1 Å². The Hall–Kier alpha value is -2.75. The van der Waals surface area contributed by atoms with Gasteiger partial charge < -0.3 is 0 Å². The first-order valence-electron chi connectivity index (χ1n) is 7.49. The summed E-state index contributed by atoms with van der Waals surface area (Å²) in [5, 5.41) is 5.53. The highest BCUT2D eigenvalue weighted by Crippen LogP contribution is 2.27. The lowest BCUT2D eigenvalue weighted by Crippen LogP contribution is -1.84. The van der Waals surface area contributed by atoms with E-state index in [0.717, 1.165) is 16.1 Å². The number of hydrogen-bond donors (Lipinski definition) is 0. The summed E-state index contributed by atoms with van der Waals surface area (Å²) in [6.45, 7) is 0. The molecule has 0 bridgehead atoms. The van der Waals surface area contributed by atoms with E-state index in [1.807, 2.05) is 24.3 Å². The van der Waals surface area contributed by atoms with Crippen LogP contribution in [0.1, 0.15) is 11.1 Å². The van der Waals surface area contributed by atoms with Gasteiger partial charge in [0, 0.05) is 16.1 Å². The molecule has 0 N–H and O–H groups in total. The van der Waals surface area contributed by atoms with Crippen molar-refractivity contribution in [3.05, 3.63) is 95.0 Å². The van der Waals surface area contributed by atoms with Gasteiger partial charge in [-0.15, -0.1) is 0 Å². The number of benzene rings is 4. The minimum Gasteiger partial charge on any atom is -0.0843 e. The highest BCUT2D eigenvalue weighted by Gasteiger charge is 2.04. The lowest BCUT2D eigenvalue weighted by atomic mass is 9.97. The van der Waals surface area contributed by atoms with Crippen molar-refractivity contribution in [2.24, 2.45) is 0 Å². The zero-order valence-electron chi connectivity index (χ0n) is 12.4. The van der Waals surface area contributed by atoms with Crippen LogP contribution in [0.15, 0.2) is 78.9 Å². The van der Waals surface area contributed by atoms with E-state index in [9.17, 15) is 0 Å². The molecule has 0 aliphatic heterocycles. The zero-order valence-corrected chi connectivity index (χ0v) is 13.1. The topological polar surface area (TPSA) is 0 Å². The first-order chi connectivity index (χ1) is 11.3. The van der Waals surface area contributed by atoms with Crippen molar-refractivity contribution in [3.63, 3.8) is 0 Å². The van der Waals surface area contributed by atoms with Gasteiger partial charge in [-0.2, -0.15) is 0 Å². The molecule has 0 nitrogen and oxygen atoms in total. The summed E-state index contributed by atoms with van der Waals surface area (Å²) < 4.78 is 0. The lowest BCUT2D eigenvalue weighted by Gasteiger charge is -2.06. The molecule has 4 rings (SSSR count). The number of hydrogen-bond acceptors (Lipinski definition) is 0. The molecular formula is C22H13Cl. The molecule has 23 heavy (non-hydrogen) atoms. The van der Waals surface area contributed by atoms with Crippen LogP contribution in [-0.4, -0.2) is 0 Å². The molecule has 0 amide bonds. The largest absolute Gasteiger partial charge is 0.0843 e. The Morgan fingerprint density at radius 2 is 1.17 bits per heavy atom. The normalized spacial score (nSPS) is 10.5. The Balaban J connectivity index is 1.98. The lowest BCUT2D eigenvalue weighted by molar-refractivity contribution is 1.64. The van der Waals surface area contributed by atoms with E-state index in [1.54, 1.807) is 0 Å². The predicted octanol–water partition coefficient (Wildman–Crippen LogP) is 6.05. The molecule has 1 heteroatoms. The van der Waals surface area contributed by atoms with Crippen molar-refractivity contribution in [2.75, 3.05) is 0 Å². The summed E-state index contributed by atoms with van der Waals surface area (Å²) in [4.78, 5) is 0. The Bertz CT molecular complexity index is 1010. The third-order valence-corrected chi connectivity index (χ3v) is 4.20. The van der Waals surface area contributed by atoms with E-state index in [4.69, 9.17) is 11.6 Å². The maximum Gasteiger partial charge on any atom is 0.0406 e. The van der Waals surface area contributed by atoms with Gasteiger partial charge in [0.05, 0.1) is 0 Å². The van der Waals surface area contributed by atoms with Gasteiger partial charge in [0.1, 0.15) is 0 Å². The van der Waals surface area contributed by atoms with Gasteiger partial charge in [0.15, 0.2) is 0 Å². The number of fused-ring (bicyclic) bond motifs is 2. The Morgan fingerprint density at radius 3 is 1.78 bits per heavy atom. The summed E-state index contributed by atoms with van der Waals surface area (Å²) in [6, 6.07) is 26.6. The summed E-state index contributed by atoms with van der Waals surface area (Å²) in [5.41, 5.74) is 2.04. The molecule has 0 atom stereocenters. The Morgan fingerprint density at radius 1 is 0.609 bits per heavy atom. The van der Waals surface area contributed by atoms with Gasteiger partial charge >= 0.3 is 0 Å². The summed E-state index contributed by atoms with van der Waals surface area (Å²) in [7, 11) is 0. The smallest absolute Gasteiger partial charge is 0.0406 e. The van der Waals surface area contributed by atoms with Crippen LogP contribution in [0.4, 0.5) is 0 Å². The van der Waals surface area contributed by atoms with Crippen molar-refractivity contribution < 1.29 is 0 Å². The van der Waals surface area contributed by atoms with Gasteiger partial charge in [-0.3, -0.25) is 0 Å². The standard InChI is InChI=1S/C22H13Cl/c23-19-12-9-16(10-13-19)11-14-22-20-7-3-1-5-17(20)15-18-6-2-4-8-21(18)22/h1-10,12-13,15H. The molecule has 0 aliphatic carbocycles. The predicted molar refractivity (Wildman–Crippen MR) is 98.9 cm³/mol. The van der Waals surface area contributed by atoms with E-state index in [0.29, 0.717) is 0 Å². The Labute approximate surface area is 140 Å². The fraction of sp³-hybridized carbons (Fsp3) is 0. The second kappa shape index (κ2) is 5.80. The second-order valence-corrected chi connectivity index (χ2v) is 5.89. The van der Waals surface area contributed by atoms with Crippen LogP contribution in [0.2, 0.25) is 5.02 Å². The zero-order chi connectivity index (χ0) is 15.6. The van der Waals surface area contributed by atoms with Gasteiger partial charge in [0.25, 0.3) is 0 Å². The first kappa shape index (κ1) is 13.9. The third-order valence-electron chi connectivity index (χ3n) is 3.95. The highest BCUT2D eigenvalue weighted by atomic mass is 35.5. The molecule has 0 fully saturated rings. The van der Waals surface area contributed by atoms with Gasteiger partial charge in [-0.1, -0.05) is 72.0 Å². The molecular weight excluding hydrogens is 300 g/mol. The molecule has 0 heterocycles. The van der Waals surface area contributed by atoms with Crippen LogP contribution in [0.5, 0.6) is 0 Å². The van der Waals surface area contributed by atoms with Crippen LogP contribution >= 0.6 is 11.6 Å². The summed E-state index contributed by atoms with van der Waals surface area (Å²) in [5.74, 6) is 6.64. The minimum absolute atomic E-state index is 0.728.